The number of aryl methyl sites for hydroxylation is 1. The van der Waals surface area contributed by atoms with Gasteiger partial charge in [-0.25, -0.2) is 0 Å². The third-order valence-corrected chi connectivity index (χ3v) is 3.88. The lowest BCUT2D eigenvalue weighted by Crippen LogP contribution is -2.47. The Labute approximate surface area is 130 Å². The number of rotatable bonds is 7. The maximum absolute atomic E-state index is 9.73. The van der Waals surface area contributed by atoms with Crippen LogP contribution in [0, 0.1) is 0 Å². The lowest BCUT2D eigenvalue weighted by atomic mass is 9.93. The number of aromatic nitrogens is 1. The normalized spacial score (nSPS) is 14.1. The van der Waals surface area contributed by atoms with E-state index >= 15 is 0 Å². The number of halogens is 1. The highest BCUT2D eigenvalue weighted by Crippen LogP contribution is 2.17. The Morgan fingerprint density at radius 2 is 2.05 bits per heavy atom. The van der Waals surface area contributed by atoms with Crippen molar-refractivity contribution in [2.75, 3.05) is 6.61 Å². The molecule has 1 atom stereocenters. The topological polar surface area (TPSA) is 58.3 Å². The van der Waals surface area contributed by atoms with Crippen molar-refractivity contribution in [2.24, 2.45) is 0 Å². The van der Waals surface area contributed by atoms with Crippen LogP contribution < -0.4 is 5.32 Å². The minimum Gasteiger partial charge on any atom is -0.394 e. The number of nitrogens with zero attached hydrogens (tertiary/aromatic N) is 1. The van der Waals surface area contributed by atoms with Gasteiger partial charge in [0.05, 0.1) is 12.3 Å². The summed E-state index contributed by atoms with van der Waals surface area (Å²) >= 11 is 5.90. The average molecular weight is 309 g/mol. The quantitative estimate of drug-likeness (QED) is 0.825. The van der Waals surface area contributed by atoms with Crippen molar-refractivity contribution in [2.45, 2.75) is 38.8 Å². The van der Waals surface area contributed by atoms with Crippen LogP contribution in [0.2, 0.25) is 5.02 Å². The molecule has 0 spiro atoms. The predicted molar refractivity (Wildman–Crippen MR) is 83.4 cm³/mol. The molecule has 1 aromatic heterocycles. The van der Waals surface area contributed by atoms with E-state index in [0.717, 1.165) is 28.3 Å². The molecule has 2 aromatic rings. The van der Waals surface area contributed by atoms with Crippen molar-refractivity contribution in [1.29, 1.82) is 0 Å². The van der Waals surface area contributed by atoms with Crippen molar-refractivity contribution in [3.8, 4) is 0 Å². The van der Waals surface area contributed by atoms with Crippen LogP contribution in [0.3, 0.4) is 0 Å². The number of hydrogen-bond donors (Lipinski definition) is 2. The van der Waals surface area contributed by atoms with E-state index in [1.165, 1.54) is 0 Å². The molecule has 4 nitrogen and oxygen atoms in total. The Kier molecular flexibility index (Phi) is 5.39. The Hall–Kier alpha value is -1.36. The molecule has 2 N–H and O–H groups in total. The van der Waals surface area contributed by atoms with Crippen LogP contribution in [0.5, 0.6) is 0 Å². The van der Waals surface area contributed by atoms with Gasteiger partial charge < -0.3 is 14.9 Å². The number of hydrogen-bond acceptors (Lipinski definition) is 4. The van der Waals surface area contributed by atoms with Crippen molar-refractivity contribution in [3.05, 3.63) is 52.4 Å². The molecule has 0 aliphatic rings. The predicted octanol–water partition coefficient (Wildman–Crippen LogP) is 2.97. The fraction of sp³-hybridized carbons (Fsp3) is 0.438. The Bertz CT molecular complexity index is 568. The molecular weight excluding hydrogens is 288 g/mol. The molecule has 0 saturated heterocycles. The van der Waals surface area contributed by atoms with Crippen LogP contribution in [0.15, 0.2) is 35.1 Å². The van der Waals surface area contributed by atoms with E-state index < -0.39 is 5.54 Å². The summed E-state index contributed by atoms with van der Waals surface area (Å²) in [6, 6.07) is 7.69. The van der Waals surface area contributed by atoms with Gasteiger partial charge in [-0.3, -0.25) is 0 Å². The zero-order chi connectivity index (χ0) is 15.3. The van der Waals surface area contributed by atoms with Gasteiger partial charge in [-0.15, -0.1) is 0 Å². The van der Waals surface area contributed by atoms with Crippen LogP contribution >= 0.6 is 11.6 Å². The van der Waals surface area contributed by atoms with Gasteiger partial charge in [-0.05, 0) is 37.5 Å². The van der Waals surface area contributed by atoms with Gasteiger partial charge in [0.25, 0.3) is 0 Å². The molecule has 5 heteroatoms. The molecule has 2 rings (SSSR count). The van der Waals surface area contributed by atoms with Gasteiger partial charge >= 0.3 is 0 Å². The molecule has 0 fully saturated rings. The zero-order valence-electron chi connectivity index (χ0n) is 12.4. The van der Waals surface area contributed by atoms with Crippen LogP contribution in [0.4, 0.5) is 0 Å². The van der Waals surface area contributed by atoms with Crippen molar-refractivity contribution >= 4 is 11.6 Å². The van der Waals surface area contributed by atoms with Gasteiger partial charge in [-0.2, -0.15) is 0 Å². The smallest absolute Gasteiger partial charge is 0.128 e. The largest absolute Gasteiger partial charge is 0.394 e. The average Bonchev–Trinajstić information content (AvgIpc) is 2.95. The third kappa shape index (κ3) is 4.30. The molecular formula is C16H21ClN2O2. The van der Waals surface area contributed by atoms with Gasteiger partial charge in [0.1, 0.15) is 6.26 Å². The number of aliphatic hydroxyl groups excluding tert-OH is 1. The first-order valence-corrected chi connectivity index (χ1v) is 7.46. The summed E-state index contributed by atoms with van der Waals surface area (Å²) in [4.78, 5) is 0. The lowest BCUT2D eigenvalue weighted by molar-refractivity contribution is 0.172. The first-order valence-electron chi connectivity index (χ1n) is 7.09. The van der Waals surface area contributed by atoms with Crippen molar-refractivity contribution in [3.63, 3.8) is 0 Å². The van der Waals surface area contributed by atoms with E-state index in [1.54, 1.807) is 6.26 Å². The van der Waals surface area contributed by atoms with E-state index in [1.807, 2.05) is 38.1 Å². The zero-order valence-corrected chi connectivity index (χ0v) is 13.2. The highest BCUT2D eigenvalue weighted by Gasteiger charge is 2.24. The first-order chi connectivity index (χ1) is 10.1. The summed E-state index contributed by atoms with van der Waals surface area (Å²) < 4.78 is 5.00. The second-order valence-corrected chi connectivity index (χ2v) is 5.95. The molecule has 0 bridgehead atoms. The second kappa shape index (κ2) is 7.07. The number of benzene rings is 1. The van der Waals surface area contributed by atoms with Crippen LogP contribution in [0.25, 0.3) is 0 Å². The fourth-order valence-corrected chi connectivity index (χ4v) is 2.38. The molecule has 21 heavy (non-hydrogen) atoms. The van der Waals surface area contributed by atoms with Gasteiger partial charge in [-0.1, -0.05) is 35.8 Å². The molecule has 114 valence electrons. The fourth-order valence-electron chi connectivity index (χ4n) is 2.25. The summed E-state index contributed by atoms with van der Waals surface area (Å²) in [5.41, 5.74) is 2.71. The van der Waals surface area contributed by atoms with E-state index in [4.69, 9.17) is 16.1 Å². The molecule has 0 saturated carbocycles. The number of nitrogens with one attached hydrogen (secondary N) is 1. The summed E-state index contributed by atoms with van der Waals surface area (Å²) in [6.45, 7) is 4.71. The van der Waals surface area contributed by atoms with Crippen molar-refractivity contribution < 1.29 is 9.63 Å². The molecule has 1 heterocycles. The summed E-state index contributed by atoms with van der Waals surface area (Å²) in [5, 5.41) is 17.8. The standard InChI is InChI=1S/C16H21ClN2O2/c1-3-15-13(10-21-19-15)9-18-16(2,11-20)8-12-4-6-14(17)7-5-12/h4-7,10,18,20H,3,8-9,11H2,1-2H3. The SMILES string of the molecule is CCc1nocc1CNC(C)(CO)Cc1ccc(Cl)cc1. The van der Waals surface area contributed by atoms with E-state index in [2.05, 4.69) is 10.5 Å². The van der Waals surface area contributed by atoms with Gasteiger partial charge in [0, 0.05) is 22.7 Å². The van der Waals surface area contributed by atoms with Gasteiger partial charge in [0.2, 0.25) is 0 Å². The molecule has 0 aliphatic heterocycles. The van der Waals surface area contributed by atoms with E-state index in [0.29, 0.717) is 13.0 Å². The molecule has 0 aliphatic carbocycles. The first kappa shape index (κ1) is 16.0. The maximum atomic E-state index is 9.73. The lowest BCUT2D eigenvalue weighted by Gasteiger charge is -2.29. The number of aliphatic hydroxyl groups is 1. The minimum absolute atomic E-state index is 0.0440. The third-order valence-electron chi connectivity index (χ3n) is 3.63. The van der Waals surface area contributed by atoms with Gasteiger partial charge in [0.15, 0.2) is 0 Å². The Morgan fingerprint density at radius 1 is 1.33 bits per heavy atom. The van der Waals surface area contributed by atoms with E-state index in [9.17, 15) is 5.11 Å². The minimum atomic E-state index is -0.407. The molecule has 0 amide bonds. The monoisotopic (exact) mass is 308 g/mol. The highest BCUT2D eigenvalue weighted by molar-refractivity contribution is 6.30. The van der Waals surface area contributed by atoms with Crippen molar-refractivity contribution in [1.82, 2.24) is 10.5 Å². The summed E-state index contributed by atoms with van der Waals surface area (Å²) in [5.74, 6) is 0. The highest BCUT2D eigenvalue weighted by atomic mass is 35.5. The Balaban J connectivity index is 2.01. The maximum Gasteiger partial charge on any atom is 0.128 e. The van der Waals surface area contributed by atoms with Crippen LogP contribution in [0.1, 0.15) is 30.7 Å². The summed E-state index contributed by atoms with van der Waals surface area (Å²) in [7, 11) is 0. The Morgan fingerprint density at radius 3 is 2.67 bits per heavy atom. The van der Waals surface area contributed by atoms with E-state index in [-0.39, 0.29) is 6.61 Å². The van der Waals surface area contributed by atoms with Crippen LogP contribution in [-0.4, -0.2) is 22.4 Å². The van der Waals surface area contributed by atoms with Crippen LogP contribution in [-0.2, 0) is 19.4 Å². The summed E-state index contributed by atoms with van der Waals surface area (Å²) in [6.07, 6.45) is 3.21. The molecule has 1 aromatic carbocycles. The second-order valence-electron chi connectivity index (χ2n) is 5.52. The molecule has 0 radical (unpaired) electrons. The molecule has 1 unspecified atom stereocenters.